The molecule has 2 aromatic carbocycles. The second-order valence-corrected chi connectivity index (χ2v) is 8.85. The summed E-state index contributed by atoms with van der Waals surface area (Å²) in [6.07, 6.45) is 3.04. The van der Waals surface area contributed by atoms with Crippen LogP contribution in [0.5, 0.6) is 5.75 Å². The van der Waals surface area contributed by atoms with Crippen LogP contribution in [0.3, 0.4) is 0 Å². The molecule has 3 rings (SSSR count). The monoisotopic (exact) mass is 376 g/mol. The topological polar surface area (TPSA) is 46.5 Å². The number of rotatable bonds is 2. The largest absolute Gasteiger partial charge is 0.507 e. The van der Waals surface area contributed by atoms with Gasteiger partial charge >= 0.3 is 5.97 Å². The smallest absolute Gasteiger partial charge is 0.341 e. The molecule has 1 N–H and O–H groups in total. The summed E-state index contributed by atoms with van der Waals surface area (Å²) < 4.78 is 4.64. The molecule has 146 valence electrons. The van der Waals surface area contributed by atoms with Crippen molar-refractivity contribution < 1.29 is 14.6 Å². The summed E-state index contributed by atoms with van der Waals surface area (Å²) in [7, 11) is 1.29. The lowest BCUT2D eigenvalue weighted by atomic mass is 9.63. The van der Waals surface area contributed by atoms with E-state index < -0.39 is 5.97 Å². The first kappa shape index (κ1) is 20.0. The standard InChI is InChI=1S/C25H28O3/c1-24(2)13-14-25(3,4)21-15-17(10-12-20(21)24)7-6-8-18-9-11-19(22(26)16-18)23(27)28-5/h9-12,15-16,26H,7,13-14H2,1-5H3. The average molecular weight is 376 g/mol. The summed E-state index contributed by atoms with van der Waals surface area (Å²) in [5.74, 6) is 5.59. The molecule has 0 aliphatic heterocycles. The van der Waals surface area contributed by atoms with Crippen LogP contribution < -0.4 is 0 Å². The highest BCUT2D eigenvalue weighted by molar-refractivity contribution is 5.92. The minimum absolute atomic E-state index is 0.114. The Hall–Kier alpha value is -2.73. The lowest BCUT2D eigenvalue weighted by Crippen LogP contribution is -2.33. The van der Waals surface area contributed by atoms with Gasteiger partial charge in [0.15, 0.2) is 0 Å². The molecule has 0 bridgehead atoms. The molecule has 1 aliphatic rings. The van der Waals surface area contributed by atoms with Crippen LogP contribution in [0.1, 0.15) is 73.1 Å². The maximum atomic E-state index is 11.5. The number of phenols is 1. The molecule has 1 aliphatic carbocycles. The van der Waals surface area contributed by atoms with Crippen LogP contribution in [0.2, 0.25) is 0 Å². The molecule has 0 saturated heterocycles. The van der Waals surface area contributed by atoms with E-state index in [0.717, 1.165) is 0 Å². The van der Waals surface area contributed by atoms with Crippen LogP contribution in [0, 0.1) is 11.8 Å². The molecule has 0 fully saturated rings. The highest BCUT2D eigenvalue weighted by Crippen LogP contribution is 2.45. The summed E-state index contributed by atoms with van der Waals surface area (Å²) in [5.41, 5.74) is 5.30. The van der Waals surface area contributed by atoms with Gasteiger partial charge in [-0.15, -0.1) is 0 Å². The van der Waals surface area contributed by atoms with E-state index in [1.807, 2.05) is 0 Å². The number of aromatic hydroxyl groups is 1. The summed E-state index contributed by atoms with van der Waals surface area (Å²) in [6.45, 7) is 9.29. The lowest BCUT2D eigenvalue weighted by Gasteiger charge is -2.42. The Labute approximate surface area is 167 Å². The third-order valence-corrected chi connectivity index (χ3v) is 5.85. The zero-order chi connectivity index (χ0) is 20.5. The van der Waals surface area contributed by atoms with Crippen molar-refractivity contribution in [2.75, 3.05) is 7.11 Å². The van der Waals surface area contributed by atoms with Gasteiger partial charge in [0, 0.05) is 12.0 Å². The van der Waals surface area contributed by atoms with E-state index in [9.17, 15) is 9.90 Å². The predicted molar refractivity (Wildman–Crippen MR) is 112 cm³/mol. The van der Waals surface area contributed by atoms with Gasteiger partial charge in [-0.2, -0.15) is 0 Å². The minimum Gasteiger partial charge on any atom is -0.507 e. The number of benzene rings is 2. The molecule has 28 heavy (non-hydrogen) atoms. The number of carbonyl (C=O) groups is 1. The number of hydrogen-bond donors (Lipinski definition) is 1. The number of ether oxygens (including phenoxy) is 1. The Morgan fingerprint density at radius 3 is 2.36 bits per heavy atom. The van der Waals surface area contributed by atoms with E-state index >= 15 is 0 Å². The number of hydrogen-bond acceptors (Lipinski definition) is 3. The van der Waals surface area contributed by atoms with Crippen LogP contribution >= 0.6 is 0 Å². The van der Waals surface area contributed by atoms with Gasteiger partial charge in [0.25, 0.3) is 0 Å². The number of methoxy groups -OCH3 is 1. The Morgan fingerprint density at radius 1 is 1.04 bits per heavy atom. The van der Waals surface area contributed by atoms with Gasteiger partial charge in [-0.1, -0.05) is 57.7 Å². The highest BCUT2D eigenvalue weighted by atomic mass is 16.5. The first-order chi connectivity index (χ1) is 13.1. The number of phenolic OH excluding ortho intramolecular Hbond substituents is 1. The van der Waals surface area contributed by atoms with E-state index in [4.69, 9.17) is 0 Å². The molecular weight excluding hydrogens is 348 g/mol. The van der Waals surface area contributed by atoms with Gasteiger partial charge in [-0.05, 0) is 58.6 Å². The molecular formula is C25H28O3. The van der Waals surface area contributed by atoms with Crippen molar-refractivity contribution in [1.82, 2.24) is 0 Å². The number of esters is 1. The Kier molecular flexibility index (Phi) is 5.26. The molecule has 0 saturated carbocycles. The van der Waals surface area contributed by atoms with Gasteiger partial charge in [0.2, 0.25) is 0 Å². The van der Waals surface area contributed by atoms with Crippen LogP contribution in [0.4, 0.5) is 0 Å². The Bertz CT molecular complexity index is 971. The van der Waals surface area contributed by atoms with Crippen molar-refractivity contribution in [3.63, 3.8) is 0 Å². The summed E-state index contributed by atoms with van der Waals surface area (Å²) in [6, 6.07) is 11.5. The van der Waals surface area contributed by atoms with Gasteiger partial charge in [-0.3, -0.25) is 0 Å². The molecule has 0 heterocycles. The minimum atomic E-state index is -0.559. The maximum Gasteiger partial charge on any atom is 0.341 e. The fraction of sp³-hybridized carbons (Fsp3) is 0.400. The van der Waals surface area contributed by atoms with Gasteiger partial charge in [0.1, 0.15) is 11.3 Å². The quantitative estimate of drug-likeness (QED) is 0.584. The molecule has 0 atom stereocenters. The second-order valence-electron chi connectivity index (χ2n) is 8.85. The zero-order valence-electron chi connectivity index (χ0n) is 17.3. The fourth-order valence-electron chi connectivity index (χ4n) is 3.89. The van der Waals surface area contributed by atoms with E-state index in [1.165, 1.54) is 48.8 Å². The molecule has 3 nitrogen and oxygen atoms in total. The highest BCUT2D eigenvalue weighted by Gasteiger charge is 2.36. The van der Waals surface area contributed by atoms with E-state index in [2.05, 4.69) is 62.5 Å². The third-order valence-electron chi connectivity index (χ3n) is 5.85. The van der Waals surface area contributed by atoms with Gasteiger partial charge < -0.3 is 9.84 Å². The van der Waals surface area contributed by atoms with Crippen molar-refractivity contribution >= 4 is 5.97 Å². The fourth-order valence-corrected chi connectivity index (χ4v) is 3.89. The van der Waals surface area contributed by atoms with Crippen molar-refractivity contribution in [2.24, 2.45) is 0 Å². The molecule has 3 heteroatoms. The normalized spacial score (nSPS) is 16.5. The van der Waals surface area contributed by atoms with Crippen molar-refractivity contribution in [1.29, 1.82) is 0 Å². The molecule has 0 amide bonds. The summed E-state index contributed by atoms with van der Waals surface area (Å²) >= 11 is 0. The number of carbonyl (C=O) groups excluding carboxylic acids is 1. The lowest BCUT2D eigenvalue weighted by molar-refractivity contribution is 0.0597. The predicted octanol–water partition coefficient (Wildman–Crippen LogP) is 5.12. The average Bonchev–Trinajstić information content (AvgIpc) is 2.65. The molecule has 0 unspecified atom stereocenters. The Balaban J connectivity index is 1.82. The SMILES string of the molecule is COC(=O)c1ccc(C#CCc2ccc3c(c2)C(C)(C)CCC3(C)C)cc1O. The van der Waals surface area contributed by atoms with Crippen LogP contribution in [0.25, 0.3) is 0 Å². The molecule has 0 radical (unpaired) electrons. The van der Waals surface area contributed by atoms with Gasteiger partial charge in [0.05, 0.1) is 7.11 Å². The second kappa shape index (κ2) is 7.36. The van der Waals surface area contributed by atoms with Crippen LogP contribution in [-0.4, -0.2) is 18.2 Å². The van der Waals surface area contributed by atoms with Crippen molar-refractivity contribution in [2.45, 2.75) is 57.8 Å². The third kappa shape index (κ3) is 3.92. The number of fused-ring (bicyclic) bond motifs is 1. The van der Waals surface area contributed by atoms with E-state index in [1.54, 1.807) is 6.07 Å². The summed E-state index contributed by atoms with van der Waals surface area (Å²) in [5, 5.41) is 9.98. The maximum absolute atomic E-state index is 11.5. The van der Waals surface area contributed by atoms with Crippen LogP contribution in [-0.2, 0) is 22.0 Å². The van der Waals surface area contributed by atoms with Crippen LogP contribution in [0.15, 0.2) is 36.4 Å². The van der Waals surface area contributed by atoms with E-state index in [0.29, 0.717) is 12.0 Å². The van der Waals surface area contributed by atoms with E-state index in [-0.39, 0.29) is 22.1 Å². The zero-order valence-corrected chi connectivity index (χ0v) is 17.3. The van der Waals surface area contributed by atoms with Gasteiger partial charge in [-0.25, -0.2) is 4.79 Å². The molecule has 0 spiro atoms. The summed E-state index contributed by atoms with van der Waals surface area (Å²) in [4.78, 5) is 11.5. The first-order valence-electron chi connectivity index (χ1n) is 9.68. The molecule has 2 aromatic rings. The Morgan fingerprint density at radius 2 is 1.71 bits per heavy atom. The molecule has 0 aromatic heterocycles. The van der Waals surface area contributed by atoms with Crippen molar-refractivity contribution in [3.8, 4) is 17.6 Å². The first-order valence-corrected chi connectivity index (χ1v) is 9.68. The van der Waals surface area contributed by atoms with Crippen molar-refractivity contribution in [3.05, 3.63) is 64.2 Å².